The zero-order chi connectivity index (χ0) is 16.4. The topological polar surface area (TPSA) is 114 Å². The third-order valence-corrected chi connectivity index (χ3v) is 4.79. The molecule has 10 heteroatoms. The largest absolute Gasteiger partial charge is 1.00 e. The van der Waals surface area contributed by atoms with Gasteiger partial charge in [-0.15, -0.1) is 0 Å². The molecule has 0 bridgehead atoms. The van der Waals surface area contributed by atoms with Gasteiger partial charge in [0.25, 0.3) is 0 Å². The maximum Gasteiger partial charge on any atom is 1.00 e. The van der Waals surface area contributed by atoms with Crippen LogP contribution in [-0.2, 0) is 20.2 Å². The minimum absolute atomic E-state index is 0. The Balaban J connectivity index is 0.00000264. The summed E-state index contributed by atoms with van der Waals surface area (Å²) in [5.74, 6) is 0. The van der Waals surface area contributed by atoms with Crippen molar-refractivity contribution in [3.8, 4) is 0 Å². The van der Waals surface area contributed by atoms with E-state index in [9.17, 15) is 25.9 Å². The molecule has 0 aromatic heterocycles. The van der Waals surface area contributed by atoms with Gasteiger partial charge in [0.05, 0.1) is 9.81 Å². The van der Waals surface area contributed by atoms with Crippen LogP contribution in [0.3, 0.4) is 0 Å². The number of hydrogen-bond donors (Lipinski definition) is 0. The van der Waals surface area contributed by atoms with E-state index < -0.39 is 30.0 Å². The monoisotopic (exact) mass is 384 g/mol. The SMILES string of the molecule is O=S(=O)([O-])C(=C(c1ccccc1)S(=O)(=O)[O-])c1ccccc1.[Na+].[Na+]. The van der Waals surface area contributed by atoms with Crippen LogP contribution >= 0.6 is 0 Å². The van der Waals surface area contributed by atoms with Crippen molar-refractivity contribution in [3.05, 3.63) is 71.8 Å². The molecule has 116 valence electrons. The predicted molar refractivity (Wildman–Crippen MR) is 79.1 cm³/mol. The molecule has 0 saturated heterocycles. The third-order valence-electron chi connectivity index (χ3n) is 2.78. The second-order valence-electron chi connectivity index (χ2n) is 4.30. The van der Waals surface area contributed by atoms with Gasteiger partial charge in [-0.25, -0.2) is 16.8 Å². The Morgan fingerprint density at radius 2 is 0.833 bits per heavy atom. The fraction of sp³-hybridized carbons (Fsp3) is 0. The molecule has 2 rings (SSSR count). The van der Waals surface area contributed by atoms with Crippen molar-refractivity contribution in [3.63, 3.8) is 0 Å². The van der Waals surface area contributed by atoms with Crippen LogP contribution < -0.4 is 59.1 Å². The molecular formula is C14H10Na2O6S2. The van der Waals surface area contributed by atoms with Crippen LogP contribution in [0.25, 0.3) is 9.81 Å². The maximum absolute atomic E-state index is 11.6. The molecule has 24 heavy (non-hydrogen) atoms. The van der Waals surface area contributed by atoms with E-state index in [1.54, 1.807) is 12.1 Å². The Kier molecular flexibility index (Phi) is 9.63. The Hall–Kier alpha value is 0.000000000000000444. The minimum Gasteiger partial charge on any atom is -0.744 e. The second kappa shape index (κ2) is 9.63. The van der Waals surface area contributed by atoms with Crippen molar-refractivity contribution in [1.82, 2.24) is 0 Å². The molecule has 6 nitrogen and oxygen atoms in total. The summed E-state index contributed by atoms with van der Waals surface area (Å²) in [7, 11) is -10.4. The zero-order valence-corrected chi connectivity index (χ0v) is 18.7. The first-order chi connectivity index (χ1) is 10.2. The van der Waals surface area contributed by atoms with Crippen LogP contribution in [-0.4, -0.2) is 25.9 Å². The predicted octanol–water partition coefficient (Wildman–Crippen LogP) is -4.39. The van der Waals surface area contributed by atoms with Crippen molar-refractivity contribution in [2.24, 2.45) is 0 Å². The first-order valence-electron chi connectivity index (χ1n) is 5.98. The van der Waals surface area contributed by atoms with E-state index in [0.717, 1.165) is 0 Å². The summed E-state index contributed by atoms with van der Waals surface area (Å²) in [6.45, 7) is 0. The summed E-state index contributed by atoms with van der Waals surface area (Å²) in [5.41, 5.74) is -0.313. The van der Waals surface area contributed by atoms with E-state index >= 15 is 0 Å². The summed E-state index contributed by atoms with van der Waals surface area (Å²) >= 11 is 0. The maximum atomic E-state index is 11.6. The van der Waals surface area contributed by atoms with E-state index in [1.165, 1.54) is 48.5 Å². The number of rotatable bonds is 4. The number of hydrogen-bond acceptors (Lipinski definition) is 6. The molecule has 2 aromatic carbocycles. The summed E-state index contributed by atoms with van der Waals surface area (Å²) in [5, 5.41) is 0. The van der Waals surface area contributed by atoms with Crippen molar-refractivity contribution < 1.29 is 85.1 Å². The van der Waals surface area contributed by atoms with Crippen molar-refractivity contribution in [1.29, 1.82) is 0 Å². The van der Waals surface area contributed by atoms with Crippen LogP contribution in [0, 0.1) is 0 Å². The van der Waals surface area contributed by atoms with E-state index in [2.05, 4.69) is 0 Å². The van der Waals surface area contributed by atoms with Gasteiger partial charge in [-0.1, -0.05) is 60.7 Å². The molecule has 0 saturated carbocycles. The quantitative estimate of drug-likeness (QED) is 0.299. The Bertz CT molecular complexity index is 831. The van der Waals surface area contributed by atoms with Gasteiger partial charge in [-0.05, 0) is 11.1 Å². The van der Waals surface area contributed by atoms with Gasteiger partial charge >= 0.3 is 59.1 Å². The van der Waals surface area contributed by atoms with E-state index in [1.807, 2.05) is 0 Å². The van der Waals surface area contributed by atoms with Crippen molar-refractivity contribution >= 4 is 30.0 Å². The third kappa shape index (κ3) is 6.06. The summed E-state index contributed by atoms with van der Waals surface area (Å²) in [6.07, 6.45) is 0. The van der Waals surface area contributed by atoms with Crippen LogP contribution in [0.1, 0.15) is 11.1 Å². The van der Waals surface area contributed by atoms with Gasteiger partial charge in [-0.2, -0.15) is 0 Å². The first-order valence-corrected chi connectivity index (χ1v) is 8.80. The summed E-state index contributed by atoms with van der Waals surface area (Å²) in [4.78, 5) is -2.09. The minimum atomic E-state index is -5.20. The molecule has 0 radical (unpaired) electrons. The van der Waals surface area contributed by atoms with Crippen LogP contribution in [0.2, 0.25) is 0 Å². The molecule has 0 aliphatic rings. The van der Waals surface area contributed by atoms with E-state index in [-0.39, 0.29) is 70.2 Å². The van der Waals surface area contributed by atoms with E-state index in [4.69, 9.17) is 0 Å². The average Bonchev–Trinajstić information content (AvgIpc) is 2.44. The van der Waals surface area contributed by atoms with Gasteiger partial charge in [0.15, 0.2) is 0 Å². The summed E-state index contributed by atoms with van der Waals surface area (Å²) < 4.78 is 69.5. The number of benzene rings is 2. The Morgan fingerprint density at radius 1 is 0.583 bits per heavy atom. The normalized spacial score (nSPS) is 12.4. The standard InChI is InChI=1S/C14H12O6S2.2Na/c15-21(16,17)13(11-7-3-1-4-8-11)14(22(18,19)20)12-9-5-2-6-10-12;;/h1-10H,(H,15,16,17)(H,18,19,20);;/q;2*+1/p-2. The van der Waals surface area contributed by atoms with Gasteiger partial charge < -0.3 is 9.11 Å². The van der Waals surface area contributed by atoms with E-state index in [0.29, 0.717) is 0 Å². The molecule has 0 atom stereocenters. The van der Waals surface area contributed by atoms with Crippen molar-refractivity contribution in [2.45, 2.75) is 0 Å². The molecule has 0 aliphatic heterocycles. The second-order valence-corrected chi connectivity index (χ2v) is 6.93. The zero-order valence-electron chi connectivity index (χ0n) is 13.0. The fourth-order valence-electron chi connectivity index (χ4n) is 1.96. The smallest absolute Gasteiger partial charge is 0.744 e. The first kappa shape index (κ1) is 24.0. The van der Waals surface area contributed by atoms with Gasteiger partial charge in [-0.3, -0.25) is 0 Å². The van der Waals surface area contributed by atoms with Crippen LogP contribution in [0.4, 0.5) is 0 Å². The van der Waals surface area contributed by atoms with Crippen LogP contribution in [0.15, 0.2) is 60.7 Å². The molecule has 2 aromatic rings. The Labute approximate surface area is 185 Å². The molecule has 0 fully saturated rings. The molecule has 0 spiro atoms. The molecule has 0 amide bonds. The Morgan fingerprint density at radius 3 is 1.04 bits per heavy atom. The van der Waals surface area contributed by atoms with Gasteiger partial charge in [0.1, 0.15) is 20.2 Å². The molecule has 0 N–H and O–H groups in total. The van der Waals surface area contributed by atoms with Gasteiger partial charge in [0.2, 0.25) is 0 Å². The molecular weight excluding hydrogens is 374 g/mol. The van der Waals surface area contributed by atoms with Crippen molar-refractivity contribution in [2.75, 3.05) is 0 Å². The molecule has 0 aliphatic carbocycles. The van der Waals surface area contributed by atoms with Gasteiger partial charge in [0, 0.05) is 0 Å². The summed E-state index contributed by atoms with van der Waals surface area (Å²) in [6, 6.07) is 13.8. The fourth-order valence-corrected chi connectivity index (χ4v) is 4.11. The molecule has 0 heterocycles. The van der Waals surface area contributed by atoms with Crippen LogP contribution in [0.5, 0.6) is 0 Å². The molecule has 0 unspecified atom stereocenters. The average molecular weight is 384 g/mol.